The molecule has 1 fully saturated rings. The van der Waals surface area contributed by atoms with E-state index in [4.69, 9.17) is 0 Å². The highest BCUT2D eigenvalue weighted by Crippen LogP contribution is 2.36. The van der Waals surface area contributed by atoms with Crippen LogP contribution < -0.4 is 0 Å². The first-order valence-electron chi connectivity index (χ1n) is 4.94. The fourth-order valence-corrected chi connectivity index (χ4v) is 1.88. The van der Waals surface area contributed by atoms with E-state index >= 15 is 0 Å². The van der Waals surface area contributed by atoms with Gasteiger partial charge in [-0.1, -0.05) is 0 Å². The molecular weight excluding hydrogens is 176 g/mol. The molecule has 0 bridgehead atoms. The van der Waals surface area contributed by atoms with E-state index in [1.807, 2.05) is 20.0 Å². The lowest BCUT2D eigenvalue weighted by molar-refractivity contribution is 0.662. The average molecular weight is 188 g/mol. The van der Waals surface area contributed by atoms with Crippen LogP contribution in [0.1, 0.15) is 30.4 Å². The maximum atomic E-state index is 4.37. The van der Waals surface area contributed by atoms with E-state index in [0.29, 0.717) is 6.04 Å². The van der Waals surface area contributed by atoms with Crippen LogP contribution in [0.3, 0.4) is 0 Å². The molecule has 72 valence electrons. The Morgan fingerprint density at radius 1 is 1.29 bits per heavy atom. The van der Waals surface area contributed by atoms with Gasteiger partial charge in [-0.05, 0) is 26.7 Å². The molecule has 2 aromatic rings. The van der Waals surface area contributed by atoms with Crippen LogP contribution in [0, 0.1) is 13.8 Å². The van der Waals surface area contributed by atoms with Gasteiger partial charge in [-0.2, -0.15) is 5.10 Å². The molecule has 0 spiro atoms. The smallest absolute Gasteiger partial charge is 0.126 e. The second kappa shape index (κ2) is 2.53. The van der Waals surface area contributed by atoms with E-state index in [0.717, 1.165) is 22.6 Å². The third-order valence-electron chi connectivity index (χ3n) is 2.62. The second-order valence-electron chi connectivity index (χ2n) is 3.91. The molecule has 0 amide bonds. The zero-order chi connectivity index (χ0) is 9.71. The van der Waals surface area contributed by atoms with Gasteiger partial charge >= 0.3 is 0 Å². The van der Waals surface area contributed by atoms with Crippen molar-refractivity contribution in [2.24, 2.45) is 0 Å². The van der Waals surface area contributed by atoms with Gasteiger partial charge in [0.15, 0.2) is 0 Å². The Morgan fingerprint density at radius 3 is 2.79 bits per heavy atom. The highest BCUT2D eigenvalue weighted by atomic mass is 15.3. The van der Waals surface area contributed by atoms with Crippen LogP contribution in [0.15, 0.2) is 6.20 Å². The Morgan fingerprint density at radius 2 is 2.07 bits per heavy atom. The zero-order valence-corrected chi connectivity index (χ0v) is 8.36. The number of hydrogen-bond donors (Lipinski definition) is 0. The lowest BCUT2D eigenvalue weighted by Crippen LogP contribution is -2.00. The molecule has 3 rings (SSSR count). The molecule has 0 unspecified atom stereocenters. The molecule has 0 atom stereocenters. The zero-order valence-electron chi connectivity index (χ0n) is 8.36. The van der Waals surface area contributed by atoms with Crippen molar-refractivity contribution in [3.05, 3.63) is 17.7 Å². The van der Waals surface area contributed by atoms with Crippen LogP contribution in [0.25, 0.3) is 11.0 Å². The number of rotatable bonds is 1. The van der Waals surface area contributed by atoms with Gasteiger partial charge in [-0.25, -0.2) is 9.97 Å². The van der Waals surface area contributed by atoms with Crippen molar-refractivity contribution in [2.75, 3.05) is 0 Å². The molecular formula is C10H12N4. The van der Waals surface area contributed by atoms with E-state index in [1.54, 1.807) is 0 Å². The van der Waals surface area contributed by atoms with Crippen LogP contribution in [-0.4, -0.2) is 19.7 Å². The Hall–Kier alpha value is -1.45. The maximum absolute atomic E-state index is 4.37. The summed E-state index contributed by atoms with van der Waals surface area (Å²) in [5.41, 5.74) is 3.12. The van der Waals surface area contributed by atoms with Gasteiger partial charge in [0.1, 0.15) is 16.9 Å². The van der Waals surface area contributed by atoms with Crippen molar-refractivity contribution in [3.8, 4) is 0 Å². The summed E-state index contributed by atoms with van der Waals surface area (Å²) in [5, 5.41) is 4.37. The molecule has 4 nitrogen and oxygen atoms in total. The summed E-state index contributed by atoms with van der Waals surface area (Å²) in [6.07, 6.45) is 4.32. The molecule has 0 aromatic carbocycles. The molecule has 1 aliphatic rings. The van der Waals surface area contributed by atoms with E-state index in [2.05, 4.69) is 19.7 Å². The van der Waals surface area contributed by atoms with Crippen molar-refractivity contribution >= 4 is 11.0 Å². The lowest BCUT2D eigenvalue weighted by atomic mass is 10.3. The lowest BCUT2D eigenvalue weighted by Gasteiger charge is -2.02. The first kappa shape index (κ1) is 7.91. The van der Waals surface area contributed by atoms with E-state index < -0.39 is 0 Å². The summed E-state index contributed by atoms with van der Waals surface area (Å²) in [6, 6.07) is 0.595. The summed E-state index contributed by atoms with van der Waals surface area (Å²) in [5.74, 6) is 0.824. The molecule has 4 heteroatoms. The van der Waals surface area contributed by atoms with E-state index in [9.17, 15) is 0 Å². The minimum Gasteiger partial charge on any atom is -0.258 e. The summed E-state index contributed by atoms with van der Waals surface area (Å²) in [4.78, 5) is 8.75. The predicted octanol–water partition coefficient (Wildman–Crippen LogP) is 1.78. The summed E-state index contributed by atoms with van der Waals surface area (Å²) in [7, 11) is 0. The Balaban J connectivity index is 2.33. The molecule has 0 N–H and O–H groups in total. The summed E-state index contributed by atoms with van der Waals surface area (Å²) < 4.78 is 2.07. The third kappa shape index (κ3) is 1.03. The van der Waals surface area contributed by atoms with Crippen molar-refractivity contribution in [1.29, 1.82) is 0 Å². The standard InChI is InChI=1S/C10H12N4/c1-6-10-9(13-7(2)12-6)5-11-14(10)8-3-4-8/h5,8H,3-4H2,1-2H3. The Kier molecular flexibility index (Phi) is 1.43. The topological polar surface area (TPSA) is 43.6 Å². The fraction of sp³-hybridized carbons (Fsp3) is 0.500. The summed E-state index contributed by atoms with van der Waals surface area (Å²) >= 11 is 0. The van der Waals surface area contributed by atoms with Gasteiger partial charge in [0.2, 0.25) is 0 Å². The third-order valence-corrected chi connectivity index (χ3v) is 2.62. The van der Waals surface area contributed by atoms with Crippen molar-refractivity contribution in [1.82, 2.24) is 19.7 Å². The van der Waals surface area contributed by atoms with Crippen molar-refractivity contribution in [2.45, 2.75) is 32.7 Å². The van der Waals surface area contributed by atoms with Crippen molar-refractivity contribution in [3.63, 3.8) is 0 Å². The number of aryl methyl sites for hydroxylation is 2. The number of hydrogen-bond acceptors (Lipinski definition) is 3. The molecule has 1 saturated carbocycles. The second-order valence-corrected chi connectivity index (χ2v) is 3.91. The van der Waals surface area contributed by atoms with Gasteiger partial charge in [-0.15, -0.1) is 0 Å². The number of nitrogens with zero attached hydrogens (tertiary/aromatic N) is 4. The molecule has 0 radical (unpaired) electrons. The van der Waals surface area contributed by atoms with E-state index in [-0.39, 0.29) is 0 Å². The van der Waals surface area contributed by atoms with Gasteiger partial charge < -0.3 is 0 Å². The Bertz CT molecular complexity index is 496. The number of fused-ring (bicyclic) bond motifs is 1. The van der Waals surface area contributed by atoms with Crippen LogP contribution in [0.4, 0.5) is 0 Å². The van der Waals surface area contributed by atoms with Crippen LogP contribution in [0.2, 0.25) is 0 Å². The molecule has 2 aromatic heterocycles. The normalized spacial score (nSPS) is 16.4. The van der Waals surface area contributed by atoms with Gasteiger partial charge in [0, 0.05) is 0 Å². The maximum Gasteiger partial charge on any atom is 0.126 e. The van der Waals surface area contributed by atoms with Crippen LogP contribution in [0.5, 0.6) is 0 Å². The molecule has 14 heavy (non-hydrogen) atoms. The monoisotopic (exact) mass is 188 g/mol. The minimum absolute atomic E-state index is 0.595. The SMILES string of the molecule is Cc1nc(C)c2c(cnn2C2CC2)n1. The minimum atomic E-state index is 0.595. The molecule has 1 aliphatic carbocycles. The van der Waals surface area contributed by atoms with Gasteiger partial charge in [-0.3, -0.25) is 4.68 Å². The quantitative estimate of drug-likeness (QED) is 0.685. The van der Waals surface area contributed by atoms with Gasteiger partial charge in [0.05, 0.1) is 17.9 Å². The largest absolute Gasteiger partial charge is 0.258 e. The van der Waals surface area contributed by atoms with Gasteiger partial charge in [0.25, 0.3) is 0 Å². The Labute approximate surface area is 82.0 Å². The summed E-state index contributed by atoms with van der Waals surface area (Å²) in [6.45, 7) is 3.94. The fourth-order valence-electron chi connectivity index (χ4n) is 1.88. The highest BCUT2D eigenvalue weighted by Gasteiger charge is 2.26. The molecule has 2 heterocycles. The number of aromatic nitrogens is 4. The first-order valence-corrected chi connectivity index (χ1v) is 4.94. The molecule has 0 aliphatic heterocycles. The highest BCUT2D eigenvalue weighted by molar-refractivity contribution is 5.76. The van der Waals surface area contributed by atoms with Crippen molar-refractivity contribution < 1.29 is 0 Å². The molecule has 0 saturated heterocycles. The average Bonchev–Trinajstić information content (AvgIpc) is 2.87. The van der Waals surface area contributed by atoms with Crippen LogP contribution in [-0.2, 0) is 0 Å². The van der Waals surface area contributed by atoms with Crippen LogP contribution >= 0.6 is 0 Å². The predicted molar refractivity (Wildman–Crippen MR) is 53.1 cm³/mol. The first-order chi connectivity index (χ1) is 6.75. The van der Waals surface area contributed by atoms with E-state index in [1.165, 1.54) is 12.8 Å².